The van der Waals surface area contributed by atoms with Gasteiger partial charge < -0.3 is 15.4 Å². The van der Waals surface area contributed by atoms with Crippen LogP contribution in [0.3, 0.4) is 0 Å². The van der Waals surface area contributed by atoms with Crippen LogP contribution in [0, 0.1) is 6.92 Å². The van der Waals surface area contributed by atoms with Gasteiger partial charge in [0.05, 0.1) is 24.0 Å². The summed E-state index contributed by atoms with van der Waals surface area (Å²) in [6.45, 7) is 6.16. The summed E-state index contributed by atoms with van der Waals surface area (Å²) < 4.78 is 5.29. The summed E-state index contributed by atoms with van der Waals surface area (Å²) in [5, 5.41) is 6.20. The molecule has 2 aromatic rings. The van der Waals surface area contributed by atoms with Crippen molar-refractivity contribution in [2.24, 2.45) is 0 Å². The van der Waals surface area contributed by atoms with E-state index in [1.165, 1.54) is 0 Å². The van der Waals surface area contributed by atoms with Gasteiger partial charge in [0.25, 0.3) is 5.91 Å². The van der Waals surface area contributed by atoms with Gasteiger partial charge in [0.1, 0.15) is 5.75 Å². The predicted octanol–water partition coefficient (Wildman–Crippen LogP) is 3.86. The summed E-state index contributed by atoms with van der Waals surface area (Å²) in [5.41, 5.74) is 3.04. The molecule has 0 radical (unpaired) electrons. The van der Waals surface area contributed by atoms with Crippen molar-refractivity contribution in [1.29, 1.82) is 0 Å². The molecule has 0 saturated heterocycles. The van der Waals surface area contributed by atoms with Gasteiger partial charge in [0, 0.05) is 18.4 Å². The fourth-order valence-electron chi connectivity index (χ4n) is 2.14. The summed E-state index contributed by atoms with van der Waals surface area (Å²) in [7, 11) is 1.58. The minimum absolute atomic E-state index is 0.214. The zero-order valence-corrected chi connectivity index (χ0v) is 14.0. The van der Waals surface area contributed by atoms with Crippen LogP contribution in [0.25, 0.3) is 0 Å². The third-order valence-electron chi connectivity index (χ3n) is 3.63. The van der Waals surface area contributed by atoms with Gasteiger partial charge >= 0.3 is 0 Å². The lowest BCUT2D eigenvalue weighted by atomic mass is 10.2. The topological polar surface area (TPSA) is 63.2 Å². The maximum atomic E-state index is 12.5. The number of hydrogen-bond donors (Lipinski definition) is 2. The second-order valence-corrected chi connectivity index (χ2v) is 5.57. The maximum absolute atomic E-state index is 12.5. The molecule has 5 heteroatoms. The first-order valence-electron chi connectivity index (χ1n) is 7.71. The number of hydrogen-bond acceptors (Lipinski definition) is 4. The molecule has 23 heavy (non-hydrogen) atoms. The van der Waals surface area contributed by atoms with Crippen molar-refractivity contribution in [1.82, 2.24) is 4.98 Å². The summed E-state index contributed by atoms with van der Waals surface area (Å²) >= 11 is 0. The molecule has 1 aromatic heterocycles. The molecule has 0 aliphatic carbocycles. The first-order valence-corrected chi connectivity index (χ1v) is 7.71. The van der Waals surface area contributed by atoms with Crippen LogP contribution < -0.4 is 15.4 Å². The number of ether oxygens (including phenoxy) is 1. The number of pyridine rings is 1. The number of carbonyl (C=O) groups is 1. The van der Waals surface area contributed by atoms with Crippen LogP contribution in [-0.4, -0.2) is 24.0 Å². The highest BCUT2D eigenvalue weighted by molar-refractivity contribution is 6.05. The van der Waals surface area contributed by atoms with E-state index in [4.69, 9.17) is 4.74 Å². The van der Waals surface area contributed by atoms with E-state index in [2.05, 4.69) is 29.5 Å². The lowest BCUT2D eigenvalue weighted by Gasteiger charge is -2.14. The van der Waals surface area contributed by atoms with Crippen molar-refractivity contribution >= 4 is 17.3 Å². The number of carbonyl (C=O) groups excluding carboxylic acids is 1. The number of benzene rings is 1. The van der Waals surface area contributed by atoms with Gasteiger partial charge in [-0.3, -0.25) is 9.78 Å². The van der Waals surface area contributed by atoms with Crippen molar-refractivity contribution in [2.75, 3.05) is 17.7 Å². The van der Waals surface area contributed by atoms with Crippen LogP contribution >= 0.6 is 0 Å². The zero-order chi connectivity index (χ0) is 16.8. The molecule has 0 spiro atoms. The first-order chi connectivity index (χ1) is 11.0. The fraction of sp³-hybridized carbons (Fsp3) is 0.333. The molecule has 5 nitrogen and oxygen atoms in total. The largest absolute Gasteiger partial charge is 0.495 e. The van der Waals surface area contributed by atoms with Gasteiger partial charge in [-0.05, 0) is 44.0 Å². The minimum atomic E-state index is -0.214. The Kier molecular flexibility index (Phi) is 5.57. The second kappa shape index (κ2) is 7.63. The number of aryl methyl sites for hydroxylation is 1. The molecule has 1 amide bonds. The van der Waals surface area contributed by atoms with Crippen LogP contribution in [0.15, 0.2) is 36.7 Å². The summed E-state index contributed by atoms with van der Waals surface area (Å²) in [6, 6.07) is 7.78. The Bertz CT molecular complexity index is 686. The Labute approximate surface area is 137 Å². The van der Waals surface area contributed by atoms with E-state index >= 15 is 0 Å². The Hall–Kier alpha value is -2.56. The van der Waals surface area contributed by atoms with Crippen LogP contribution in [-0.2, 0) is 0 Å². The standard InChI is InChI=1S/C18H23N3O2/c1-5-13(3)20-15-9-14(10-19-11-15)18(22)21-16-8-12(2)6-7-17(16)23-4/h6-11,13,20H,5H2,1-4H3,(H,21,22). The Morgan fingerprint density at radius 1 is 1.30 bits per heavy atom. The second-order valence-electron chi connectivity index (χ2n) is 5.57. The lowest BCUT2D eigenvalue weighted by Crippen LogP contribution is -2.16. The Morgan fingerprint density at radius 2 is 2.09 bits per heavy atom. The Morgan fingerprint density at radius 3 is 2.78 bits per heavy atom. The zero-order valence-electron chi connectivity index (χ0n) is 14.0. The third-order valence-corrected chi connectivity index (χ3v) is 3.63. The van der Waals surface area contributed by atoms with Crippen LogP contribution in [0.2, 0.25) is 0 Å². The van der Waals surface area contributed by atoms with Crippen molar-refractivity contribution in [3.05, 3.63) is 47.8 Å². The molecule has 0 aliphatic heterocycles. The maximum Gasteiger partial charge on any atom is 0.257 e. The molecule has 1 unspecified atom stereocenters. The summed E-state index contributed by atoms with van der Waals surface area (Å²) in [4.78, 5) is 16.6. The van der Waals surface area contributed by atoms with Crippen molar-refractivity contribution in [3.63, 3.8) is 0 Å². The number of rotatable bonds is 6. The van der Waals surface area contributed by atoms with Gasteiger partial charge in [-0.2, -0.15) is 0 Å². The number of aromatic nitrogens is 1. The van der Waals surface area contributed by atoms with Crippen molar-refractivity contribution in [2.45, 2.75) is 33.2 Å². The van der Waals surface area contributed by atoms with Crippen LogP contribution in [0.5, 0.6) is 5.75 Å². The molecule has 1 heterocycles. The molecule has 0 fully saturated rings. The Balaban J connectivity index is 2.18. The average molecular weight is 313 g/mol. The van der Waals surface area contributed by atoms with Gasteiger partial charge in [-0.25, -0.2) is 0 Å². The van der Waals surface area contributed by atoms with Crippen molar-refractivity contribution in [3.8, 4) is 5.75 Å². The smallest absolute Gasteiger partial charge is 0.257 e. The molecule has 122 valence electrons. The molecular formula is C18H23N3O2. The number of nitrogens with zero attached hydrogens (tertiary/aromatic N) is 1. The number of methoxy groups -OCH3 is 1. The highest BCUT2D eigenvalue weighted by Crippen LogP contribution is 2.26. The molecule has 0 saturated carbocycles. The van der Waals surface area contributed by atoms with E-state index in [1.54, 1.807) is 25.6 Å². The predicted molar refractivity (Wildman–Crippen MR) is 93.3 cm³/mol. The summed E-state index contributed by atoms with van der Waals surface area (Å²) in [6.07, 6.45) is 4.27. The number of anilines is 2. The minimum Gasteiger partial charge on any atom is -0.495 e. The monoisotopic (exact) mass is 313 g/mol. The van der Waals surface area contributed by atoms with E-state index < -0.39 is 0 Å². The molecule has 1 aromatic carbocycles. The average Bonchev–Trinajstić information content (AvgIpc) is 2.55. The van der Waals surface area contributed by atoms with Crippen LogP contribution in [0.4, 0.5) is 11.4 Å². The van der Waals surface area contributed by atoms with E-state index in [0.29, 0.717) is 23.0 Å². The number of amides is 1. The SMILES string of the molecule is CCC(C)Nc1cncc(C(=O)Nc2cc(C)ccc2OC)c1. The quantitative estimate of drug-likeness (QED) is 0.850. The van der Waals surface area contributed by atoms with E-state index in [9.17, 15) is 4.79 Å². The number of nitrogens with one attached hydrogen (secondary N) is 2. The molecular weight excluding hydrogens is 290 g/mol. The molecule has 2 N–H and O–H groups in total. The fourth-order valence-corrected chi connectivity index (χ4v) is 2.14. The van der Waals surface area contributed by atoms with Crippen molar-refractivity contribution < 1.29 is 9.53 Å². The first kappa shape index (κ1) is 16.8. The van der Waals surface area contributed by atoms with Gasteiger partial charge in [0.15, 0.2) is 0 Å². The molecule has 2 rings (SSSR count). The normalized spacial score (nSPS) is 11.7. The van der Waals surface area contributed by atoms with Crippen LogP contribution in [0.1, 0.15) is 36.2 Å². The lowest BCUT2D eigenvalue weighted by molar-refractivity contribution is 0.102. The van der Waals surface area contributed by atoms with Gasteiger partial charge in [0.2, 0.25) is 0 Å². The highest BCUT2D eigenvalue weighted by Gasteiger charge is 2.11. The van der Waals surface area contributed by atoms with E-state index in [1.807, 2.05) is 25.1 Å². The van der Waals surface area contributed by atoms with Gasteiger partial charge in [-0.15, -0.1) is 0 Å². The van der Waals surface area contributed by atoms with Gasteiger partial charge in [-0.1, -0.05) is 13.0 Å². The highest BCUT2D eigenvalue weighted by atomic mass is 16.5. The van der Waals surface area contributed by atoms with E-state index in [0.717, 1.165) is 17.7 Å². The van der Waals surface area contributed by atoms with E-state index in [-0.39, 0.29) is 5.91 Å². The molecule has 1 atom stereocenters. The molecule has 0 bridgehead atoms. The summed E-state index contributed by atoms with van der Waals surface area (Å²) in [5.74, 6) is 0.417. The third kappa shape index (κ3) is 4.45. The molecule has 0 aliphatic rings.